The predicted octanol–water partition coefficient (Wildman–Crippen LogP) is 2.03. The Morgan fingerprint density at radius 2 is 1.90 bits per heavy atom. The first-order valence-corrected chi connectivity index (χ1v) is 8.96. The number of hydrogen-bond acceptors (Lipinski definition) is 4. The summed E-state index contributed by atoms with van der Waals surface area (Å²) in [4.78, 5) is 13.5. The summed E-state index contributed by atoms with van der Waals surface area (Å²) in [5.74, 6) is 0.290. The van der Waals surface area contributed by atoms with Gasteiger partial charge in [-0.1, -0.05) is 11.6 Å². The third-order valence-electron chi connectivity index (χ3n) is 3.53. The molecule has 1 aromatic rings. The van der Waals surface area contributed by atoms with Gasteiger partial charge in [-0.3, -0.25) is 4.79 Å². The molecule has 0 aliphatic carbocycles. The molecular weight excluding hydrogens is 312 g/mol. The van der Waals surface area contributed by atoms with Crippen molar-refractivity contribution in [3.05, 3.63) is 28.8 Å². The Bertz CT molecular complexity index is 630. The van der Waals surface area contributed by atoms with Gasteiger partial charge in [0.25, 0.3) is 5.91 Å². The minimum atomic E-state index is -2.88. The van der Waals surface area contributed by atoms with Crippen LogP contribution in [0.1, 0.15) is 23.2 Å². The number of carbonyl (C=O) groups excluding carboxylic acids is 1. The number of hydrogen-bond donors (Lipinski definition) is 1. The summed E-state index contributed by atoms with van der Waals surface area (Å²) in [5, 5.41) is 3.78. The fourth-order valence-corrected chi connectivity index (χ4v) is 3.94. The van der Waals surface area contributed by atoms with Crippen molar-refractivity contribution in [2.24, 2.45) is 0 Å². The van der Waals surface area contributed by atoms with Crippen molar-refractivity contribution in [3.8, 4) is 0 Å². The molecule has 21 heavy (non-hydrogen) atoms. The minimum Gasteiger partial charge on any atom is -0.381 e. The van der Waals surface area contributed by atoms with E-state index in [0.717, 1.165) is 0 Å². The Labute approximate surface area is 130 Å². The van der Waals surface area contributed by atoms with Gasteiger partial charge in [0, 0.05) is 25.7 Å². The zero-order valence-corrected chi connectivity index (χ0v) is 13.7. The highest BCUT2D eigenvalue weighted by Gasteiger charge is 2.24. The molecule has 1 aliphatic rings. The van der Waals surface area contributed by atoms with E-state index in [0.29, 0.717) is 29.1 Å². The predicted molar refractivity (Wildman–Crippen MR) is 84.8 cm³/mol. The van der Waals surface area contributed by atoms with Crippen LogP contribution in [-0.2, 0) is 9.84 Å². The van der Waals surface area contributed by atoms with E-state index in [1.165, 1.54) is 4.90 Å². The average Bonchev–Trinajstić information content (AvgIpc) is 2.42. The lowest BCUT2D eigenvalue weighted by molar-refractivity contribution is 0.0827. The molecule has 0 atom stereocenters. The van der Waals surface area contributed by atoms with Crippen LogP contribution in [0, 0.1) is 0 Å². The number of amides is 1. The summed E-state index contributed by atoms with van der Waals surface area (Å²) in [5.41, 5.74) is 1.23. The van der Waals surface area contributed by atoms with E-state index >= 15 is 0 Å². The molecule has 7 heteroatoms. The first kappa shape index (κ1) is 16.1. The lowest BCUT2D eigenvalue weighted by atomic mass is 10.1. The van der Waals surface area contributed by atoms with Gasteiger partial charge in [0.2, 0.25) is 0 Å². The van der Waals surface area contributed by atoms with Crippen molar-refractivity contribution < 1.29 is 13.2 Å². The summed E-state index contributed by atoms with van der Waals surface area (Å²) < 4.78 is 22.9. The summed E-state index contributed by atoms with van der Waals surface area (Å²) in [6.45, 7) is 0. The van der Waals surface area contributed by atoms with Crippen LogP contribution in [0.5, 0.6) is 0 Å². The van der Waals surface area contributed by atoms with Crippen LogP contribution in [0.2, 0.25) is 5.02 Å². The smallest absolute Gasteiger partial charge is 0.253 e. The van der Waals surface area contributed by atoms with Crippen LogP contribution >= 0.6 is 11.6 Å². The van der Waals surface area contributed by atoms with Crippen LogP contribution in [-0.4, -0.2) is 50.9 Å². The maximum Gasteiger partial charge on any atom is 0.253 e. The minimum absolute atomic E-state index is 0.0655. The van der Waals surface area contributed by atoms with E-state index in [4.69, 9.17) is 11.6 Å². The molecule has 1 aliphatic heterocycles. The zero-order valence-electron chi connectivity index (χ0n) is 12.1. The molecular formula is C14H19ClN2O3S. The largest absolute Gasteiger partial charge is 0.381 e. The molecule has 5 nitrogen and oxygen atoms in total. The lowest BCUT2D eigenvalue weighted by Crippen LogP contribution is -2.32. The molecule has 0 saturated carbocycles. The number of benzene rings is 1. The maximum absolute atomic E-state index is 12.0. The van der Waals surface area contributed by atoms with E-state index < -0.39 is 9.84 Å². The monoisotopic (exact) mass is 330 g/mol. The number of nitrogens with zero attached hydrogens (tertiary/aromatic N) is 1. The average molecular weight is 331 g/mol. The van der Waals surface area contributed by atoms with Gasteiger partial charge < -0.3 is 10.2 Å². The van der Waals surface area contributed by atoms with Gasteiger partial charge in [-0.25, -0.2) is 8.42 Å². The van der Waals surface area contributed by atoms with E-state index in [-0.39, 0.29) is 23.5 Å². The molecule has 116 valence electrons. The van der Waals surface area contributed by atoms with E-state index in [9.17, 15) is 13.2 Å². The second-order valence-electron chi connectivity index (χ2n) is 5.46. The number of sulfone groups is 1. The highest BCUT2D eigenvalue weighted by Crippen LogP contribution is 2.26. The number of halogens is 1. The maximum atomic E-state index is 12.0. The van der Waals surface area contributed by atoms with Gasteiger partial charge in [-0.2, -0.15) is 0 Å². The van der Waals surface area contributed by atoms with Crippen molar-refractivity contribution in [3.63, 3.8) is 0 Å². The topological polar surface area (TPSA) is 66.5 Å². The van der Waals surface area contributed by atoms with Gasteiger partial charge in [-0.05, 0) is 31.0 Å². The number of rotatable bonds is 3. The van der Waals surface area contributed by atoms with Crippen molar-refractivity contribution in [2.75, 3.05) is 30.9 Å². The van der Waals surface area contributed by atoms with Crippen molar-refractivity contribution in [1.82, 2.24) is 4.90 Å². The van der Waals surface area contributed by atoms with Crippen LogP contribution in [0.3, 0.4) is 0 Å². The first-order chi connectivity index (χ1) is 9.78. The SMILES string of the molecule is CN(C)C(=O)c1ccc(Cl)c(NC2CCS(=O)(=O)CC2)c1. The normalized spacial score (nSPS) is 18.2. The Hall–Kier alpha value is -1.27. The molecule has 0 bridgehead atoms. The second-order valence-corrected chi connectivity index (χ2v) is 8.18. The summed E-state index contributed by atoms with van der Waals surface area (Å²) >= 11 is 6.15. The first-order valence-electron chi connectivity index (χ1n) is 6.77. The Morgan fingerprint density at radius 3 is 2.48 bits per heavy atom. The standard InChI is InChI=1S/C14H19ClN2O3S/c1-17(2)14(18)10-3-4-12(15)13(9-10)16-11-5-7-21(19,20)8-6-11/h3-4,9,11,16H,5-8H2,1-2H3. The third kappa shape index (κ3) is 4.11. The fourth-order valence-electron chi connectivity index (χ4n) is 2.28. The fraction of sp³-hybridized carbons (Fsp3) is 0.500. The van der Waals surface area contributed by atoms with Crippen molar-refractivity contribution in [1.29, 1.82) is 0 Å². The molecule has 1 heterocycles. The quantitative estimate of drug-likeness (QED) is 0.921. The van der Waals surface area contributed by atoms with Crippen molar-refractivity contribution >= 4 is 33.0 Å². The van der Waals surface area contributed by atoms with Gasteiger partial charge in [-0.15, -0.1) is 0 Å². The van der Waals surface area contributed by atoms with Crippen LogP contribution in [0.4, 0.5) is 5.69 Å². The zero-order chi connectivity index (χ0) is 15.6. The molecule has 0 aromatic heterocycles. The Balaban J connectivity index is 2.13. The molecule has 1 N–H and O–H groups in total. The van der Waals surface area contributed by atoms with Crippen LogP contribution in [0.15, 0.2) is 18.2 Å². The van der Waals surface area contributed by atoms with Crippen molar-refractivity contribution in [2.45, 2.75) is 18.9 Å². The Kier molecular flexibility index (Phi) is 4.78. The van der Waals surface area contributed by atoms with Gasteiger partial charge in [0.05, 0.1) is 22.2 Å². The molecule has 0 unspecified atom stereocenters. The highest BCUT2D eigenvalue weighted by atomic mass is 35.5. The molecule has 1 aromatic carbocycles. The molecule has 1 saturated heterocycles. The molecule has 0 radical (unpaired) electrons. The summed E-state index contributed by atoms with van der Waals surface area (Å²) in [7, 11) is 0.496. The lowest BCUT2D eigenvalue weighted by Gasteiger charge is -2.25. The summed E-state index contributed by atoms with van der Waals surface area (Å²) in [6.07, 6.45) is 1.12. The van der Waals surface area contributed by atoms with E-state index in [2.05, 4.69) is 5.32 Å². The van der Waals surface area contributed by atoms with Crippen LogP contribution in [0.25, 0.3) is 0 Å². The Morgan fingerprint density at radius 1 is 1.29 bits per heavy atom. The molecule has 1 amide bonds. The van der Waals surface area contributed by atoms with Gasteiger partial charge in [0.1, 0.15) is 9.84 Å². The van der Waals surface area contributed by atoms with Gasteiger partial charge >= 0.3 is 0 Å². The number of anilines is 1. The number of carbonyl (C=O) groups is 1. The summed E-state index contributed by atoms with van der Waals surface area (Å²) in [6, 6.07) is 5.14. The number of nitrogens with one attached hydrogen (secondary N) is 1. The molecule has 0 spiro atoms. The third-order valence-corrected chi connectivity index (χ3v) is 5.58. The highest BCUT2D eigenvalue weighted by molar-refractivity contribution is 7.91. The molecule has 1 fully saturated rings. The van der Waals surface area contributed by atoms with Crippen LogP contribution < -0.4 is 5.32 Å². The van der Waals surface area contributed by atoms with E-state index in [1.807, 2.05) is 0 Å². The second kappa shape index (κ2) is 6.23. The van der Waals surface area contributed by atoms with Gasteiger partial charge in [0.15, 0.2) is 0 Å². The van der Waals surface area contributed by atoms with E-state index in [1.54, 1.807) is 32.3 Å². The molecule has 2 rings (SSSR count).